The van der Waals surface area contributed by atoms with E-state index in [1.165, 1.54) is 0 Å². The monoisotopic (exact) mass is 338 g/mol. The summed E-state index contributed by atoms with van der Waals surface area (Å²) in [5, 5.41) is 12.6. The van der Waals surface area contributed by atoms with Gasteiger partial charge in [-0.05, 0) is 30.9 Å². The molecular weight excluding hydrogens is 308 g/mol. The molecule has 0 saturated carbocycles. The number of hydrogen-bond acceptors (Lipinski definition) is 4. The predicted molar refractivity (Wildman–Crippen MR) is 91.8 cm³/mol. The highest BCUT2D eigenvalue weighted by Crippen LogP contribution is 2.27. The Kier molecular flexibility index (Phi) is 6.29. The van der Waals surface area contributed by atoms with Gasteiger partial charge in [-0.3, -0.25) is 0 Å². The van der Waals surface area contributed by atoms with Crippen molar-refractivity contribution in [2.45, 2.75) is 52.7 Å². The van der Waals surface area contributed by atoms with E-state index in [4.69, 9.17) is 9.15 Å². The van der Waals surface area contributed by atoms with E-state index in [2.05, 4.69) is 5.32 Å². The summed E-state index contributed by atoms with van der Waals surface area (Å²) < 4.78 is 11.4. The smallest absolute Gasteiger partial charge is 0.318 e. The number of nitrogens with zero attached hydrogens (tertiary/aromatic N) is 1. The second kappa shape index (κ2) is 8.03. The van der Waals surface area contributed by atoms with Gasteiger partial charge in [-0.2, -0.15) is 0 Å². The van der Waals surface area contributed by atoms with Crippen molar-refractivity contribution >= 4 is 6.03 Å². The number of urea groups is 1. The first kappa shape index (κ1) is 18.8. The number of hydrogen-bond donors (Lipinski definition) is 2. The van der Waals surface area contributed by atoms with Crippen LogP contribution in [0.1, 0.15) is 51.7 Å². The zero-order valence-corrected chi connectivity index (χ0v) is 15.2. The summed E-state index contributed by atoms with van der Waals surface area (Å²) in [6.07, 6.45) is 1.08. The van der Waals surface area contributed by atoms with Crippen molar-refractivity contribution in [3.05, 3.63) is 23.7 Å². The first-order valence-electron chi connectivity index (χ1n) is 8.71. The van der Waals surface area contributed by atoms with Gasteiger partial charge in [0.25, 0.3) is 0 Å². The summed E-state index contributed by atoms with van der Waals surface area (Å²) >= 11 is 0. The first-order chi connectivity index (χ1) is 11.3. The topological polar surface area (TPSA) is 74.9 Å². The van der Waals surface area contributed by atoms with Gasteiger partial charge in [0, 0.05) is 19.5 Å². The van der Waals surface area contributed by atoms with Gasteiger partial charge in [-0.1, -0.05) is 20.8 Å². The summed E-state index contributed by atoms with van der Waals surface area (Å²) in [5.41, 5.74) is -0.161. The fourth-order valence-electron chi connectivity index (χ4n) is 3.13. The molecule has 2 atom stereocenters. The van der Waals surface area contributed by atoms with Crippen LogP contribution in [-0.2, 0) is 11.2 Å². The van der Waals surface area contributed by atoms with Gasteiger partial charge in [0.1, 0.15) is 17.6 Å². The maximum atomic E-state index is 12.6. The highest BCUT2D eigenvalue weighted by Gasteiger charge is 2.32. The molecule has 1 aliphatic rings. The lowest BCUT2D eigenvalue weighted by Gasteiger charge is -2.35. The Morgan fingerprint density at radius 1 is 1.50 bits per heavy atom. The molecule has 2 heterocycles. The van der Waals surface area contributed by atoms with Crippen molar-refractivity contribution in [1.82, 2.24) is 10.2 Å². The molecule has 1 fully saturated rings. The molecule has 6 heteroatoms. The number of carbonyl (C=O) groups excluding carboxylic acids is 1. The number of furan rings is 1. The molecule has 2 unspecified atom stereocenters. The standard InChI is InChI=1S/C18H30N2O4/c1-5-14-6-7-16(24-14)15-11-23-9-8-20(15)17(22)19-12-18(3,4)10-13(2)21/h6-7,13,15,21H,5,8-12H2,1-4H3,(H,19,22). The molecule has 1 aromatic rings. The molecule has 2 rings (SSSR count). The van der Waals surface area contributed by atoms with Gasteiger partial charge in [0.15, 0.2) is 0 Å². The van der Waals surface area contributed by atoms with E-state index in [1.54, 1.807) is 11.8 Å². The van der Waals surface area contributed by atoms with Gasteiger partial charge < -0.3 is 24.5 Å². The van der Waals surface area contributed by atoms with Gasteiger partial charge in [-0.15, -0.1) is 0 Å². The average Bonchev–Trinajstić information content (AvgIpc) is 3.00. The third-order valence-electron chi connectivity index (χ3n) is 4.31. The molecule has 0 bridgehead atoms. The van der Waals surface area contributed by atoms with Crippen LogP contribution >= 0.6 is 0 Å². The number of aliphatic hydroxyl groups excluding tert-OH is 1. The summed E-state index contributed by atoms with van der Waals surface area (Å²) in [5.74, 6) is 1.68. The van der Waals surface area contributed by atoms with E-state index in [9.17, 15) is 9.90 Å². The second-order valence-corrected chi connectivity index (χ2v) is 7.32. The molecule has 24 heavy (non-hydrogen) atoms. The lowest BCUT2D eigenvalue weighted by molar-refractivity contribution is 0.00332. The van der Waals surface area contributed by atoms with Crippen molar-refractivity contribution in [2.24, 2.45) is 5.41 Å². The predicted octanol–water partition coefficient (Wildman–Crippen LogP) is 2.72. The van der Waals surface area contributed by atoms with Crippen LogP contribution in [0, 0.1) is 5.41 Å². The fraction of sp³-hybridized carbons (Fsp3) is 0.722. The highest BCUT2D eigenvalue weighted by atomic mass is 16.5. The maximum Gasteiger partial charge on any atom is 0.318 e. The van der Waals surface area contributed by atoms with Crippen LogP contribution in [0.25, 0.3) is 0 Å². The van der Waals surface area contributed by atoms with Crippen molar-refractivity contribution in [1.29, 1.82) is 0 Å². The Hall–Kier alpha value is -1.53. The number of rotatable bonds is 6. The van der Waals surface area contributed by atoms with Gasteiger partial charge in [0.2, 0.25) is 0 Å². The Morgan fingerprint density at radius 2 is 2.25 bits per heavy atom. The van der Waals surface area contributed by atoms with E-state index in [1.807, 2.05) is 32.9 Å². The van der Waals surface area contributed by atoms with Crippen LogP contribution in [0.3, 0.4) is 0 Å². The molecule has 0 aromatic carbocycles. The average molecular weight is 338 g/mol. The van der Waals surface area contributed by atoms with E-state index < -0.39 is 0 Å². The zero-order valence-electron chi connectivity index (χ0n) is 15.2. The lowest BCUT2D eigenvalue weighted by atomic mass is 9.87. The van der Waals surface area contributed by atoms with Crippen molar-refractivity contribution in [2.75, 3.05) is 26.3 Å². The van der Waals surface area contributed by atoms with E-state index in [0.29, 0.717) is 32.7 Å². The van der Waals surface area contributed by atoms with Crippen LogP contribution in [0.5, 0.6) is 0 Å². The van der Waals surface area contributed by atoms with Gasteiger partial charge in [-0.25, -0.2) is 4.79 Å². The van der Waals surface area contributed by atoms with Crippen LogP contribution in [0.15, 0.2) is 16.5 Å². The molecule has 0 spiro atoms. The Balaban J connectivity index is 2.00. The number of amides is 2. The quantitative estimate of drug-likeness (QED) is 0.836. The van der Waals surface area contributed by atoms with Crippen LogP contribution in [0.2, 0.25) is 0 Å². The Morgan fingerprint density at radius 3 is 2.88 bits per heavy atom. The molecule has 0 aliphatic carbocycles. The number of aryl methyl sites for hydroxylation is 1. The molecule has 1 saturated heterocycles. The lowest BCUT2D eigenvalue weighted by Crippen LogP contribution is -2.49. The van der Waals surface area contributed by atoms with Crippen LogP contribution in [-0.4, -0.2) is 48.4 Å². The highest BCUT2D eigenvalue weighted by molar-refractivity contribution is 5.74. The van der Waals surface area contributed by atoms with Crippen molar-refractivity contribution < 1.29 is 19.1 Å². The Bertz CT molecular complexity index is 539. The fourth-order valence-corrected chi connectivity index (χ4v) is 3.13. The van der Waals surface area contributed by atoms with Crippen molar-refractivity contribution in [3.8, 4) is 0 Å². The number of aliphatic hydroxyl groups is 1. The second-order valence-electron chi connectivity index (χ2n) is 7.32. The summed E-state index contributed by atoms with van der Waals surface area (Å²) in [6.45, 7) is 9.91. The molecular formula is C18H30N2O4. The zero-order chi connectivity index (χ0) is 17.7. The number of carbonyl (C=O) groups is 1. The number of nitrogens with one attached hydrogen (secondary N) is 1. The normalized spacial score (nSPS) is 20.0. The SMILES string of the molecule is CCc1ccc(C2COCCN2C(=O)NCC(C)(C)CC(C)O)o1. The largest absolute Gasteiger partial charge is 0.464 e. The molecule has 136 valence electrons. The van der Waals surface area contributed by atoms with E-state index in [0.717, 1.165) is 17.9 Å². The molecule has 2 amide bonds. The molecule has 1 aliphatic heterocycles. The minimum absolute atomic E-state index is 0.114. The van der Waals surface area contributed by atoms with Gasteiger partial charge in [0.05, 0.1) is 19.3 Å². The third kappa shape index (κ3) is 4.98. The van der Waals surface area contributed by atoms with E-state index in [-0.39, 0.29) is 23.6 Å². The Labute approximate surface area is 144 Å². The van der Waals surface area contributed by atoms with Crippen LogP contribution < -0.4 is 5.32 Å². The summed E-state index contributed by atoms with van der Waals surface area (Å²) in [6, 6.07) is 3.57. The molecule has 1 aromatic heterocycles. The molecule has 0 radical (unpaired) electrons. The summed E-state index contributed by atoms with van der Waals surface area (Å²) in [4.78, 5) is 14.4. The van der Waals surface area contributed by atoms with Crippen molar-refractivity contribution in [3.63, 3.8) is 0 Å². The maximum absolute atomic E-state index is 12.6. The molecule has 6 nitrogen and oxygen atoms in total. The number of ether oxygens (including phenoxy) is 1. The summed E-state index contributed by atoms with van der Waals surface area (Å²) in [7, 11) is 0. The number of morpholine rings is 1. The minimum atomic E-state index is -0.386. The molecule has 2 N–H and O–H groups in total. The third-order valence-corrected chi connectivity index (χ3v) is 4.31. The van der Waals surface area contributed by atoms with Crippen LogP contribution in [0.4, 0.5) is 4.79 Å². The van der Waals surface area contributed by atoms with E-state index >= 15 is 0 Å². The van der Waals surface area contributed by atoms with Gasteiger partial charge >= 0.3 is 6.03 Å². The minimum Gasteiger partial charge on any atom is -0.464 e. The first-order valence-corrected chi connectivity index (χ1v) is 8.71.